The molecule has 0 atom stereocenters. The zero-order valence-electron chi connectivity index (χ0n) is 13.9. The van der Waals surface area contributed by atoms with Gasteiger partial charge in [0.05, 0.1) is 5.54 Å². The molecule has 4 aromatic carbocycles. The van der Waals surface area contributed by atoms with E-state index in [1.807, 2.05) is 0 Å². The molecule has 118 valence electrons. The largest absolute Gasteiger partial charge is 0.318 e. The van der Waals surface area contributed by atoms with Gasteiger partial charge in [0.2, 0.25) is 0 Å². The van der Waals surface area contributed by atoms with Crippen LogP contribution >= 0.6 is 0 Å². The predicted molar refractivity (Wildman–Crippen MR) is 103 cm³/mol. The molecule has 0 spiro atoms. The van der Waals surface area contributed by atoms with E-state index in [1.165, 1.54) is 32.7 Å². The molecule has 0 unspecified atom stereocenters. The fourth-order valence-corrected chi connectivity index (χ4v) is 3.75. The maximum atomic E-state index is 7.07. The maximum Gasteiger partial charge on any atom is 0.0675 e. The highest BCUT2D eigenvalue weighted by Gasteiger charge is 2.30. The third-order valence-corrected chi connectivity index (χ3v) is 5.10. The first kappa shape index (κ1) is 14.9. The van der Waals surface area contributed by atoms with Crippen LogP contribution in [0.2, 0.25) is 0 Å². The van der Waals surface area contributed by atoms with Gasteiger partial charge in [-0.25, -0.2) is 0 Å². The van der Waals surface area contributed by atoms with Gasteiger partial charge in [0.15, 0.2) is 0 Å². The number of rotatable bonds is 3. The number of nitrogens with two attached hydrogens (primary N) is 1. The van der Waals surface area contributed by atoms with E-state index in [1.54, 1.807) is 0 Å². The van der Waals surface area contributed by atoms with Gasteiger partial charge in [-0.2, -0.15) is 0 Å². The minimum Gasteiger partial charge on any atom is -0.318 e. The Morgan fingerprint density at radius 2 is 1.04 bits per heavy atom. The van der Waals surface area contributed by atoms with Gasteiger partial charge in [-0.3, -0.25) is 0 Å². The monoisotopic (exact) mass is 311 g/mol. The van der Waals surface area contributed by atoms with Gasteiger partial charge in [0, 0.05) is 0 Å². The lowest BCUT2D eigenvalue weighted by atomic mass is 9.77. The van der Waals surface area contributed by atoms with Crippen LogP contribution in [0.5, 0.6) is 0 Å². The summed E-state index contributed by atoms with van der Waals surface area (Å²) in [5.41, 5.74) is 8.95. The van der Waals surface area contributed by atoms with Crippen molar-refractivity contribution < 1.29 is 0 Å². The molecule has 0 aromatic heterocycles. The molecule has 4 aromatic rings. The molecule has 24 heavy (non-hydrogen) atoms. The van der Waals surface area contributed by atoms with Gasteiger partial charge in [0.25, 0.3) is 0 Å². The zero-order valence-corrected chi connectivity index (χ0v) is 13.9. The number of hydrogen-bond donors (Lipinski definition) is 1. The molecule has 1 nitrogen and oxygen atoms in total. The Kier molecular flexibility index (Phi) is 3.59. The van der Waals surface area contributed by atoms with Crippen LogP contribution in [0.1, 0.15) is 24.5 Å². The first-order valence-electron chi connectivity index (χ1n) is 8.49. The molecule has 0 fully saturated rings. The molecule has 0 bridgehead atoms. The number of hydrogen-bond acceptors (Lipinski definition) is 1. The van der Waals surface area contributed by atoms with Crippen LogP contribution in [0.25, 0.3) is 21.5 Å². The SMILES string of the molecule is CCC(N)(c1cccc2ccccc12)c1cccc2ccccc12. The summed E-state index contributed by atoms with van der Waals surface area (Å²) in [6.45, 7) is 2.17. The molecular weight excluding hydrogens is 290 g/mol. The molecule has 0 radical (unpaired) electrons. The number of benzene rings is 4. The molecule has 1 heteroatoms. The summed E-state index contributed by atoms with van der Waals surface area (Å²) in [6, 6.07) is 29.9. The summed E-state index contributed by atoms with van der Waals surface area (Å²) in [5.74, 6) is 0. The smallest absolute Gasteiger partial charge is 0.0675 e. The van der Waals surface area contributed by atoms with Crippen molar-refractivity contribution in [3.63, 3.8) is 0 Å². The standard InChI is InChI=1S/C23H21N/c1-2-23(24,21-15-7-11-17-9-3-5-13-19(17)21)22-16-8-12-18-10-4-6-14-20(18)22/h3-16H,2,24H2,1H3. The van der Waals surface area contributed by atoms with E-state index in [9.17, 15) is 0 Å². The minimum atomic E-state index is -0.512. The van der Waals surface area contributed by atoms with Crippen LogP contribution in [-0.2, 0) is 5.54 Å². The Balaban J connectivity index is 2.05. The molecule has 0 heterocycles. The Hall–Kier alpha value is -2.64. The highest BCUT2D eigenvalue weighted by molar-refractivity contribution is 5.91. The summed E-state index contributed by atoms with van der Waals surface area (Å²) in [4.78, 5) is 0. The van der Waals surface area contributed by atoms with E-state index in [4.69, 9.17) is 5.73 Å². The van der Waals surface area contributed by atoms with Gasteiger partial charge in [-0.05, 0) is 39.1 Å². The average Bonchev–Trinajstić information content (AvgIpc) is 2.66. The molecule has 0 saturated heterocycles. The van der Waals surface area contributed by atoms with Gasteiger partial charge in [0.1, 0.15) is 0 Å². The Morgan fingerprint density at radius 3 is 1.50 bits per heavy atom. The van der Waals surface area contributed by atoms with Gasteiger partial charge >= 0.3 is 0 Å². The fourth-order valence-electron chi connectivity index (χ4n) is 3.75. The fraction of sp³-hybridized carbons (Fsp3) is 0.130. The van der Waals surface area contributed by atoms with Crippen LogP contribution in [-0.4, -0.2) is 0 Å². The van der Waals surface area contributed by atoms with E-state index < -0.39 is 5.54 Å². The second kappa shape index (κ2) is 5.77. The van der Waals surface area contributed by atoms with E-state index in [0.717, 1.165) is 6.42 Å². The Morgan fingerprint density at radius 1 is 0.625 bits per heavy atom. The maximum absolute atomic E-state index is 7.07. The highest BCUT2D eigenvalue weighted by atomic mass is 14.7. The van der Waals surface area contributed by atoms with Crippen LogP contribution in [0.15, 0.2) is 84.9 Å². The summed E-state index contributed by atoms with van der Waals surface area (Å²) < 4.78 is 0. The number of fused-ring (bicyclic) bond motifs is 2. The summed E-state index contributed by atoms with van der Waals surface area (Å²) >= 11 is 0. The summed E-state index contributed by atoms with van der Waals surface area (Å²) in [6.07, 6.45) is 0.842. The minimum absolute atomic E-state index is 0.512. The Bertz CT molecular complexity index is 927. The first-order chi connectivity index (χ1) is 11.7. The van der Waals surface area contributed by atoms with E-state index in [-0.39, 0.29) is 0 Å². The van der Waals surface area contributed by atoms with E-state index in [0.29, 0.717) is 0 Å². The second-order valence-corrected chi connectivity index (χ2v) is 6.38. The van der Waals surface area contributed by atoms with Crippen molar-refractivity contribution in [3.8, 4) is 0 Å². The topological polar surface area (TPSA) is 26.0 Å². The highest BCUT2D eigenvalue weighted by Crippen LogP contribution is 2.38. The first-order valence-corrected chi connectivity index (χ1v) is 8.49. The van der Waals surface area contributed by atoms with Crippen molar-refractivity contribution in [3.05, 3.63) is 96.1 Å². The van der Waals surface area contributed by atoms with Crippen molar-refractivity contribution in [2.24, 2.45) is 5.73 Å². The summed E-state index contributed by atoms with van der Waals surface area (Å²) in [7, 11) is 0. The van der Waals surface area contributed by atoms with Crippen LogP contribution < -0.4 is 5.73 Å². The van der Waals surface area contributed by atoms with Crippen molar-refractivity contribution in [2.45, 2.75) is 18.9 Å². The predicted octanol–water partition coefficient (Wildman–Crippen LogP) is 5.61. The third kappa shape index (κ3) is 2.21. The molecule has 0 aliphatic heterocycles. The molecule has 2 N–H and O–H groups in total. The van der Waals surface area contributed by atoms with E-state index in [2.05, 4.69) is 91.9 Å². The lowest BCUT2D eigenvalue weighted by Crippen LogP contribution is -2.37. The molecule has 0 aliphatic rings. The summed E-state index contributed by atoms with van der Waals surface area (Å²) in [5, 5.41) is 4.94. The Labute approximate surface area is 142 Å². The molecular formula is C23H21N. The average molecular weight is 311 g/mol. The van der Waals surface area contributed by atoms with Crippen molar-refractivity contribution in [1.29, 1.82) is 0 Å². The zero-order chi connectivity index (χ0) is 16.6. The molecule has 0 aliphatic carbocycles. The molecule has 4 rings (SSSR count). The van der Waals surface area contributed by atoms with Crippen molar-refractivity contribution in [2.75, 3.05) is 0 Å². The third-order valence-electron chi connectivity index (χ3n) is 5.10. The normalized spacial score (nSPS) is 11.9. The van der Waals surface area contributed by atoms with Gasteiger partial charge in [-0.1, -0.05) is 91.9 Å². The second-order valence-electron chi connectivity index (χ2n) is 6.38. The lowest BCUT2D eigenvalue weighted by molar-refractivity contribution is 0.528. The molecule has 0 amide bonds. The van der Waals surface area contributed by atoms with Crippen molar-refractivity contribution >= 4 is 21.5 Å². The van der Waals surface area contributed by atoms with E-state index >= 15 is 0 Å². The van der Waals surface area contributed by atoms with Crippen LogP contribution in [0.4, 0.5) is 0 Å². The van der Waals surface area contributed by atoms with Crippen molar-refractivity contribution in [1.82, 2.24) is 0 Å². The van der Waals surface area contributed by atoms with Gasteiger partial charge in [-0.15, -0.1) is 0 Å². The van der Waals surface area contributed by atoms with Crippen LogP contribution in [0, 0.1) is 0 Å². The lowest BCUT2D eigenvalue weighted by Gasteiger charge is -2.32. The quantitative estimate of drug-likeness (QED) is 0.523. The van der Waals surface area contributed by atoms with Crippen LogP contribution in [0.3, 0.4) is 0 Å². The molecule has 0 saturated carbocycles. The van der Waals surface area contributed by atoms with Gasteiger partial charge < -0.3 is 5.73 Å².